The first kappa shape index (κ1) is 13.5. The lowest BCUT2D eigenvalue weighted by atomic mass is 10.1. The van der Waals surface area contributed by atoms with Gasteiger partial charge in [0.05, 0.1) is 12.2 Å². The molecule has 0 aliphatic carbocycles. The highest BCUT2D eigenvalue weighted by Gasteiger charge is 2.42. The van der Waals surface area contributed by atoms with Crippen molar-refractivity contribution in [2.75, 3.05) is 13.1 Å². The van der Waals surface area contributed by atoms with Crippen molar-refractivity contribution in [2.24, 2.45) is 0 Å². The van der Waals surface area contributed by atoms with Gasteiger partial charge in [-0.1, -0.05) is 12.1 Å². The van der Waals surface area contributed by atoms with E-state index in [1.165, 1.54) is 0 Å². The Hall–Kier alpha value is -1.89. The molecule has 7 heteroatoms. The smallest absolute Gasteiger partial charge is 0.360 e. The summed E-state index contributed by atoms with van der Waals surface area (Å²) < 4.78 is 36.1. The third-order valence-electron chi connectivity index (χ3n) is 2.61. The average Bonchev–Trinajstić information content (AvgIpc) is 2.39. The first-order chi connectivity index (χ1) is 8.97. The fourth-order valence-electron chi connectivity index (χ4n) is 1.69. The van der Waals surface area contributed by atoms with Crippen LogP contribution in [0, 0.1) is 0 Å². The van der Waals surface area contributed by atoms with Crippen LogP contribution in [0.2, 0.25) is 0 Å². The van der Waals surface area contributed by atoms with Gasteiger partial charge in [-0.3, -0.25) is 4.98 Å². The van der Waals surface area contributed by atoms with Crippen LogP contribution in [0.3, 0.4) is 0 Å². The molecule has 2 rings (SSSR count). The minimum absolute atomic E-state index is 0.119. The third kappa shape index (κ3) is 3.54. The topological polar surface area (TPSA) is 42.4 Å². The highest BCUT2D eigenvalue weighted by atomic mass is 19.4. The Bertz CT molecular complexity index is 485. The molecule has 19 heavy (non-hydrogen) atoms. The van der Waals surface area contributed by atoms with Crippen LogP contribution in [-0.2, 0) is 9.63 Å². The molecule has 2 heterocycles. The van der Waals surface area contributed by atoms with E-state index in [0.717, 1.165) is 16.3 Å². The lowest BCUT2D eigenvalue weighted by Crippen LogP contribution is -2.37. The summed E-state index contributed by atoms with van der Waals surface area (Å²) in [5.41, 5.74) is 1.71. The van der Waals surface area contributed by atoms with Crippen LogP contribution in [0.25, 0.3) is 5.57 Å². The van der Waals surface area contributed by atoms with Crippen molar-refractivity contribution in [3.8, 4) is 0 Å². The summed E-state index contributed by atoms with van der Waals surface area (Å²) in [7, 11) is 0. The molecule has 0 aromatic carbocycles. The van der Waals surface area contributed by atoms with Crippen molar-refractivity contribution in [3.05, 3.63) is 36.2 Å². The fourth-order valence-corrected chi connectivity index (χ4v) is 1.69. The third-order valence-corrected chi connectivity index (χ3v) is 2.61. The monoisotopic (exact) mass is 272 g/mol. The molecule has 0 fully saturated rings. The second-order valence-corrected chi connectivity index (χ2v) is 3.96. The van der Waals surface area contributed by atoms with Crippen molar-refractivity contribution in [1.29, 1.82) is 0 Å². The number of halogens is 3. The molecule has 0 bridgehead atoms. The molecule has 4 nitrogen and oxygen atoms in total. The van der Waals surface area contributed by atoms with Gasteiger partial charge in [0.15, 0.2) is 0 Å². The predicted molar refractivity (Wildman–Crippen MR) is 60.6 cm³/mol. The zero-order valence-corrected chi connectivity index (χ0v) is 9.85. The molecule has 1 aromatic rings. The summed E-state index contributed by atoms with van der Waals surface area (Å²) in [6.07, 6.45) is -1.14. The fraction of sp³-hybridized carbons (Fsp3) is 0.333. The Kier molecular flexibility index (Phi) is 3.84. The number of hydrogen-bond donors (Lipinski definition) is 0. The van der Waals surface area contributed by atoms with E-state index in [1.807, 2.05) is 12.1 Å². The molecule has 0 spiro atoms. The molecule has 1 aliphatic heterocycles. The molecule has 0 atom stereocenters. The second-order valence-electron chi connectivity index (χ2n) is 3.96. The summed E-state index contributed by atoms with van der Waals surface area (Å²) in [4.78, 5) is 19.1. The number of pyridine rings is 1. The van der Waals surface area contributed by atoms with Gasteiger partial charge in [0.25, 0.3) is 0 Å². The highest BCUT2D eigenvalue weighted by molar-refractivity contribution is 5.75. The van der Waals surface area contributed by atoms with Gasteiger partial charge in [-0.25, -0.2) is 4.79 Å². The number of nitrogens with zero attached hydrogens (tertiary/aromatic N) is 2. The maximum Gasteiger partial charge on any atom is 0.492 e. The number of aromatic nitrogens is 1. The van der Waals surface area contributed by atoms with Gasteiger partial charge in [0, 0.05) is 12.7 Å². The van der Waals surface area contributed by atoms with Gasteiger partial charge in [-0.05, 0) is 24.1 Å². The van der Waals surface area contributed by atoms with Crippen LogP contribution in [0.1, 0.15) is 12.1 Å². The zero-order valence-electron chi connectivity index (χ0n) is 9.85. The number of alkyl halides is 3. The van der Waals surface area contributed by atoms with E-state index in [1.54, 1.807) is 18.3 Å². The maximum atomic E-state index is 12.0. The van der Waals surface area contributed by atoms with E-state index in [4.69, 9.17) is 0 Å². The van der Waals surface area contributed by atoms with Crippen molar-refractivity contribution in [1.82, 2.24) is 10.0 Å². The summed E-state index contributed by atoms with van der Waals surface area (Å²) >= 11 is 0. The zero-order chi connectivity index (χ0) is 13.9. The van der Waals surface area contributed by atoms with Crippen molar-refractivity contribution in [3.63, 3.8) is 0 Å². The maximum absolute atomic E-state index is 12.0. The van der Waals surface area contributed by atoms with Gasteiger partial charge < -0.3 is 4.84 Å². The van der Waals surface area contributed by atoms with E-state index in [-0.39, 0.29) is 13.1 Å². The number of carbonyl (C=O) groups is 1. The lowest BCUT2D eigenvalue weighted by Gasteiger charge is -2.24. The van der Waals surface area contributed by atoms with Crippen molar-refractivity contribution in [2.45, 2.75) is 12.6 Å². The Balaban J connectivity index is 1.95. The lowest BCUT2D eigenvalue weighted by molar-refractivity contribution is -0.237. The van der Waals surface area contributed by atoms with E-state index < -0.39 is 12.1 Å². The minimum Gasteiger partial charge on any atom is -0.360 e. The summed E-state index contributed by atoms with van der Waals surface area (Å²) in [6, 6.07) is 5.44. The molecule has 1 aliphatic rings. The molecule has 0 N–H and O–H groups in total. The molecular weight excluding hydrogens is 261 g/mol. The highest BCUT2D eigenvalue weighted by Crippen LogP contribution is 2.22. The van der Waals surface area contributed by atoms with E-state index in [2.05, 4.69) is 9.82 Å². The first-order valence-corrected chi connectivity index (χ1v) is 5.61. The van der Waals surface area contributed by atoms with Crippen molar-refractivity contribution < 1.29 is 22.8 Å². The first-order valence-electron chi connectivity index (χ1n) is 5.61. The van der Waals surface area contributed by atoms with Crippen LogP contribution in [0.15, 0.2) is 30.5 Å². The normalized spacial score (nSPS) is 16.9. The molecule has 0 unspecified atom stereocenters. The Morgan fingerprint density at radius 2 is 2.16 bits per heavy atom. The minimum atomic E-state index is -4.97. The molecular formula is C12H11F3N2O2. The number of carbonyl (C=O) groups excluding carboxylic acids is 1. The summed E-state index contributed by atoms with van der Waals surface area (Å²) in [6.45, 7) is 0.331. The van der Waals surface area contributed by atoms with E-state index in [9.17, 15) is 18.0 Å². The standard InChI is InChI=1S/C12H11F3N2O2/c13-12(14,15)11(18)19-17-7-4-9(5-8-17)10-3-1-2-6-16-10/h1-4,6H,5,7-8H2. The van der Waals surface area contributed by atoms with Crippen LogP contribution in [0.4, 0.5) is 13.2 Å². The predicted octanol–water partition coefficient (Wildman–Crippen LogP) is 2.19. The number of rotatable bonds is 2. The molecule has 1 aromatic heterocycles. The Labute approximate surface area is 107 Å². The molecule has 0 radical (unpaired) electrons. The Morgan fingerprint density at radius 1 is 1.37 bits per heavy atom. The van der Waals surface area contributed by atoms with Crippen molar-refractivity contribution >= 4 is 11.5 Å². The van der Waals surface area contributed by atoms with Gasteiger partial charge in [-0.2, -0.15) is 13.2 Å². The van der Waals surface area contributed by atoms with Crippen LogP contribution in [0.5, 0.6) is 0 Å². The van der Waals surface area contributed by atoms with Crippen LogP contribution in [-0.4, -0.2) is 35.3 Å². The second kappa shape index (κ2) is 5.40. The number of hydrogen-bond acceptors (Lipinski definition) is 4. The SMILES string of the molecule is O=C(ON1CC=C(c2ccccn2)CC1)C(F)(F)F. The van der Waals surface area contributed by atoms with Crippen LogP contribution >= 0.6 is 0 Å². The molecule has 102 valence electrons. The molecule has 0 amide bonds. The average molecular weight is 272 g/mol. The van der Waals surface area contributed by atoms with Crippen LogP contribution < -0.4 is 0 Å². The molecule has 0 saturated heterocycles. The van der Waals surface area contributed by atoms with Gasteiger partial charge in [-0.15, -0.1) is 5.06 Å². The number of hydroxylamine groups is 2. The molecule has 0 saturated carbocycles. The van der Waals surface area contributed by atoms with Gasteiger partial charge in [0.2, 0.25) is 0 Å². The van der Waals surface area contributed by atoms with Gasteiger partial charge in [0.1, 0.15) is 0 Å². The van der Waals surface area contributed by atoms with E-state index >= 15 is 0 Å². The summed E-state index contributed by atoms with van der Waals surface area (Å²) in [5.74, 6) is -2.19. The van der Waals surface area contributed by atoms with E-state index in [0.29, 0.717) is 6.42 Å². The quantitative estimate of drug-likeness (QED) is 0.827. The summed E-state index contributed by atoms with van der Waals surface area (Å²) in [5, 5.41) is 0.988. The van der Waals surface area contributed by atoms with Gasteiger partial charge >= 0.3 is 12.1 Å². The largest absolute Gasteiger partial charge is 0.492 e. The Morgan fingerprint density at radius 3 is 2.68 bits per heavy atom.